The standard InChI is InChI=1S/C19H21FN2O2S.ClH/c1-25(24)13-14-4-2-6-16(10-14)19(23)22-9-8-21-12-18(22)15-5-3-7-17(20)11-15;/h2-7,10-11,18,21H,8-9,12-13H2,1H3;1H. The summed E-state index contributed by atoms with van der Waals surface area (Å²) in [7, 11) is -0.959. The van der Waals surface area contributed by atoms with Gasteiger partial charge in [-0.05, 0) is 35.4 Å². The van der Waals surface area contributed by atoms with E-state index < -0.39 is 10.8 Å². The molecule has 0 radical (unpaired) electrons. The number of nitrogens with zero attached hydrogens (tertiary/aromatic N) is 1. The molecule has 26 heavy (non-hydrogen) atoms. The van der Waals surface area contributed by atoms with Gasteiger partial charge >= 0.3 is 0 Å². The first-order chi connectivity index (χ1) is 12.0. The molecule has 2 atom stereocenters. The van der Waals surface area contributed by atoms with Gasteiger partial charge < -0.3 is 10.2 Å². The van der Waals surface area contributed by atoms with Crippen molar-refractivity contribution >= 4 is 29.1 Å². The van der Waals surface area contributed by atoms with Crippen LogP contribution in [0.2, 0.25) is 0 Å². The first-order valence-corrected chi connectivity index (χ1v) is 9.93. The van der Waals surface area contributed by atoms with Crippen LogP contribution >= 0.6 is 12.4 Å². The molecule has 140 valence electrons. The van der Waals surface area contributed by atoms with Gasteiger partial charge in [0, 0.05) is 48.0 Å². The highest BCUT2D eigenvalue weighted by atomic mass is 35.5. The Balaban J connectivity index is 0.00000243. The Labute approximate surface area is 161 Å². The van der Waals surface area contributed by atoms with Crippen molar-refractivity contribution in [1.82, 2.24) is 10.2 Å². The second-order valence-electron chi connectivity index (χ2n) is 6.19. The number of rotatable bonds is 4. The van der Waals surface area contributed by atoms with Crippen molar-refractivity contribution < 1.29 is 13.4 Å². The largest absolute Gasteiger partial charge is 0.329 e. The minimum Gasteiger partial charge on any atom is -0.329 e. The Bertz CT molecular complexity index is 803. The maximum Gasteiger partial charge on any atom is 0.254 e. The van der Waals surface area contributed by atoms with E-state index in [0.29, 0.717) is 31.0 Å². The maximum atomic E-state index is 13.6. The fraction of sp³-hybridized carbons (Fsp3) is 0.316. The van der Waals surface area contributed by atoms with E-state index in [9.17, 15) is 13.4 Å². The summed E-state index contributed by atoms with van der Waals surface area (Å²) in [5, 5.41) is 3.27. The molecule has 1 saturated heterocycles. The highest BCUT2D eigenvalue weighted by molar-refractivity contribution is 7.83. The Kier molecular flexibility index (Phi) is 7.32. The molecule has 3 rings (SSSR count). The van der Waals surface area contributed by atoms with Crippen LogP contribution in [0.5, 0.6) is 0 Å². The van der Waals surface area contributed by atoms with Crippen LogP contribution in [0.1, 0.15) is 27.5 Å². The van der Waals surface area contributed by atoms with Crippen molar-refractivity contribution in [1.29, 1.82) is 0 Å². The fourth-order valence-corrected chi connectivity index (χ4v) is 3.80. The normalized spacial score (nSPS) is 18.1. The third-order valence-corrected chi connectivity index (χ3v) is 5.02. The van der Waals surface area contributed by atoms with E-state index in [1.807, 2.05) is 18.2 Å². The summed E-state index contributed by atoms with van der Waals surface area (Å²) in [4.78, 5) is 14.8. The van der Waals surface area contributed by atoms with Gasteiger partial charge in [-0.1, -0.05) is 24.3 Å². The van der Waals surface area contributed by atoms with Gasteiger partial charge in [-0.25, -0.2) is 4.39 Å². The summed E-state index contributed by atoms with van der Waals surface area (Å²) in [6.07, 6.45) is 1.64. The lowest BCUT2D eigenvalue weighted by Crippen LogP contribution is -2.48. The highest BCUT2D eigenvalue weighted by Gasteiger charge is 2.28. The first kappa shape index (κ1) is 20.6. The number of hydrogen-bond donors (Lipinski definition) is 1. The van der Waals surface area contributed by atoms with Crippen LogP contribution in [0, 0.1) is 5.82 Å². The molecule has 1 amide bonds. The van der Waals surface area contributed by atoms with Crippen LogP contribution in [0.15, 0.2) is 48.5 Å². The van der Waals surface area contributed by atoms with Crippen molar-refractivity contribution in [2.75, 3.05) is 25.9 Å². The molecule has 2 aromatic carbocycles. The Hall–Kier alpha value is -1.76. The van der Waals surface area contributed by atoms with Gasteiger partial charge in [0.05, 0.1) is 6.04 Å². The van der Waals surface area contributed by atoms with Crippen molar-refractivity contribution in [2.45, 2.75) is 11.8 Å². The summed E-state index contributed by atoms with van der Waals surface area (Å²) < 4.78 is 25.0. The SMILES string of the molecule is CS(=O)Cc1cccc(C(=O)N2CCNCC2c2cccc(F)c2)c1.Cl. The number of benzene rings is 2. The van der Waals surface area contributed by atoms with Crippen molar-refractivity contribution in [3.8, 4) is 0 Å². The Morgan fingerprint density at radius 2 is 2.04 bits per heavy atom. The van der Waals surface area contributed by atoms with E-state index in [-0.39, 0.29) is 30.2 Å². The minimum atomic E-state index is -0.959. The van der Waals surface area contributed by atoms with Gasteiger partial charge in [0.1, 0.15) is 5.82 Å². The molecule has 1 fully saturated rings. The topological polar surface area (TPSA) is 49.4 Å². The lowest BCUT2D eigenvalue weighted by molar-refractivity contribution is 0.0634. The van der Waals surface area contributed by atoms with Gasteiger partial charge in [0.15, 0.2) is 0 Å². The number of piperazine rings is 1. The average Bonchev–Trinajstić information content (AvgIpc) is 2.61. The quantitative estimate of drug-likeness (QED) is 0.864. The van der Waals surface area contributed by atoms with E-state index in [1.54, 1.807) is 29.4 Å². The lowest BCUT2D eigenvalue weighted by atomic mass is 10.0. The summed E-state index contributed by atoms with van der Waals surface area (Å²) in [5.74, 6) is 0.0399. The smallest absolute Gasteiger partial charge is 0.254 e. The number of nitrogens with one attached hydrogen (secondary N) is 1. The molecule has 0 saturated carbocycles. The van der Waals surface area contributed by atoms with Crippen LogP contribution in [0.25, 0.3) is 0 Å². The van der Waals surface area contributed by atoms with Gasteiger partial charge in [0.2, 0.25) is 0 Å². The lowest BCUT2D eigenvalue weighted by Gasteiger charge is -2.36. The minimum absolute atomic E-state index is 0. The Morgan fingerprint density at radius 3 is 2.77 bits per heavy atom. The Morgan fingerprint density at radius 1 is 1.27 bits per heavy atom. The predicted octanol–water partition coefficient (Wildman–Crippen LogP) is 2.91. The molecule has 0 spiro atoms. The molecule has 4 nitrogen and oxygen atoms in total. The zero-order chi connectivity index (χ0) is 17.8. The van der Waals surface area contributed by atoms with E-state index in [2.05, 4.69) is 5.32 Å². The number of amides is 1. The van der Waals surface area contributed by atoms with Crippen molar-refractivity contribution in [2.24, 2.45) is 0 Å². The number of carbonyl (C=O) groups is 1. The van der Waals surface area contributed by atoms with E-state index in [0.717, 1.165) is 11.1 Å². The molecular formula is C19H22ClFN2O2S. The third-order valence-electron chi connectivity index (χ3n) is 4.28. The van der Waals surface area contributed by atoms with Gasteiger partial charge in [-0.15, -0.1) is 12.4 Å². The molecule has 1 aliphatic heterocycles. The zero-order valence-corrected chi connectivity index (χ0v) is 16.1. The fourth-order valence-electron chi connectivity index (χ4n) is 3.15. The summed E-state index contributed by atoms with van der Waals surface area (Å²) in [6.45, 7) is 1.86. The molecule has 2 unspecified atom stereocenters. The van der Waals surface area contributed by atoms with E-state index in [1.165, 1.54) is 12.1 Å². The first-order valence-electron chi connectivity index (χ1n) is 8.21. The van der Waals surface area contributed by atoms with Crippen LogP contribution in [0.3, 0.4) is 0 Å². The average molecular weight is 397 g/mol. The van der Waals surface area contributed by atoms with Gasteiger partial charge in [0.25, 0.3) is 5.91 Å². The molecule has 1 aliphatic rings. The second-order valence-corrected chi connectivity index (χ2v) is 7.63. The monoisotopic (exact) mass is 396 g/mol. The summed E-state index contributed by atoms with van der Waals surface area (Å²) >= 11 is 0. The molecule has 2 aromatic rings. The molecular weight excluding hydrogens is 375 g/mol. The maximum absolute atomic E-state index is 13.6. The molecule has 1 N–H and O–H groups in total. The van der Waals surface area contributed by atoms with Crippen LogP contribution < -0.4 is 5.32 Å². The van der Waals surface area contributed by atoms with E-state index in [4.69, 9.17) is 0 Å². The van der Waals surface area contributed by atoms with Crippen LogP contribution in [-0.4, -0.2) is 40.9 Å². The molecule has 1 heterocycles. The van der Waals surface area contributed by atoms with Crippen LogP contribution in [-0.2, 0) is 16.6 Å². The molecule has 0 aromatic heterocycles. The third kappa shape index (κ3) is 4.90. The molecule has 0 bridgehead atoms. The second kappa shape index (κ2) is 9.26. The molecule has 7 heteroatoms. The van der Waals surface area contributed by atoms with Gasteiger partial charge in [-0.2, -0.15) is 0 Å². The zero-order valence-electron chi connectivity index (χ0n) is 14.5. The number of carbonyl (C=O) groups excluding carboxylic acids is 1. The van der Waals surface area contributed by atoms with Crippen molar-refractivity contribution in [3.63, 3.8) is 0 Å². The van der Waals surface area contributed by atoms with Crippen LogP contribution in [0.4, 0.5) is 4.39 Å². The van der Waals surface area contributed by atoms with Gasteiger partial charge in [-0.3, -0.25) is 9.00 Å². The predicted molar refractivity (Wildman–Crippen MR) is 105 cm³/mol. The number of halogens is 2. The van der Waals surface area contributed by atoms with E-state index >= 15 is 0 Å². The summed E-state index contributed by atoms with van der Waals surface area (Å²) in [5.41, 5.74) is 2.24. The number of hydrogen-bond acceptors (Lipinski definition) is 3. The van der Waals surface area contributed by atoms with Crippen molar-refractivity contribution in [3.05, 3.63) is 71.0 Å². The molecule has 0 aliphatic carbocycles. The summed E-state index contributed by atoms with van der Waals surface area (Å²) in [6, 6.07) is 13.4. The highest BCUT2D eigenvalue weighted by Crippen LogP contribution is 2.25.